The lowest BCUT2D eigenvalue weighted by molar-refractivity contribution is 0.342. The summed E-state index contributed by atoms with van der Waals surface area (Å²) >= 11 is 0. The number of aromatic nitrogens is 3. The van der Waals surface area contributed by atoms with Crippen molar-refractivity contribution in [2.45, 2.75) is 20.4 Å². The fourth-order valence-electron chi connectivity index (χ4n) is 3.47. The van der Waals surface area contributed by atoms with Gasteiger partial charge in [-0.3, -0.25) is 0 Å². The molecule has 160 valence electrons. The van der Waals surface area contributed by atoms with Crippen LogP contribution in [0.4, 0.5) is 17.3 Å². The second kappa shape index (κ2) is 8.95. The maximum Gasteiger partial charge on any atom is 0.162 e. The highest BCUT2D eigenvalue weighted by atomic mass is 16.5. The Hall–Kier alpha value is -3.74. The standard InChI is InChI=1S/C24H27N5O2/c1-5-31-21-9-7-6-8-20(21)26-22-14-23(29-24(27-22)17(2)15-25-29)28(3)16-18-10-12-19(30-4)13-11-18/h6-15H,5,16H2,1-4H3,(H,26,27). The smallest absolute Gasteiger partial charge is 0.162 e. The first-order valence-corrected chi connectivity index (χ1v) is 10.3. The van der Waals surface area contributed by atoms with Gasteiger partial charge in [-0.25, -0.2) is 4.98 Å². The summed E-state index contributed by atoms with van der Waals surface area (Å²) in [6.07, 6.45) is 1.84. The van der Waals surface area contributed by atoms with E-state index in [1.165, 1.54) is 5.56 Å². The summed E-state index contributed by atoms with van der Waals surface area (Å²) in [6, 6.07) is 18.0. The topological polar surface area (TPSA) is 63.9 Å². The number of aryl methyl sites for hydroxylation is 1. The summed E-state index contributed by atoms with van der Waals surface area (Å²) in [5.41, 5.74) is 3.88. The molecule has 7 heteroatoms. The van der Waals surface area contributed by atoms with Crippen LogP contribution in [0.3, 0.4) is 0 Å². The maximum atomic E-state index is 5.75. The van der Waals surface area contributed by atoms with Crippen LogP contribution in [0.1, 0.15) is 18.1 Å². The van der Waals surface area contributed by atoms with Crippen LogP contribution in [0, 0.1) is 6.92 Å². The van der Waals surface area contributed by atoms with Crippen LogP contribution < -0.4 is 19.7 Å². The Kier molecular flexibility index (Phi) is 5.93. The van der Waals surface area contributed by atoms with Crippen molar-refractivity contribution >= 4 is 23.0 Å². The Morgan fingerprint density at radius 1 is 1.10 bits per heavy atom. The van der Waals surface area contributed by atoms with E-state index in [9.17, 15) is 0 Å². The molecule has 0 saturated heterocycles. The number of methoxy groups -OCH3 is 1. The number of para-hydroxylation sites is 2. The minimum absolute atomic E-state index is 0.600. The van der Waals surface area contributed by atoms with Crippen molar-refractivity contribution in [2.24, 2.45) is 0 Å². The van der Waals surface area contributed by atoms with Crippen molar-refractivity contribution in [1.29, 1.82) is 0 Å². The second-order valence-corrected chi connectivity index (χ2v) is 7.32. The maximum absolute atomic E-state index is 5.75. The molecule has 4 aromatic rings. The molecule has 0 fully saturated rings. The molecule has 2 aromatic carbocycles. The fourth-order valence-corrected chi connectivity index (χ4v) is 3.47. The van der Waals surface area contributed by atoms with E-state index < -0.39 is 0 Å². The first-order chi connectivity index (χ1) is 15.1. The van der Waals surface area contributed by atoms with Crippen LogP contribution in [-0.2, 0) is 6.54 Å². The lowest BCUT2D eigenvalue weighted by atomic mass is 10.2. The van der Waals surface area contributed by atoms with Crippen molar-refractivity contribution in [3.8, 4) is 11.5 Å². The van der Waals surface area contributed by atoms with Crippen LogP contribution in [0.25, 0.3) is 5.65 Å². The summed E-state index contributed by atoms with van der Waals surface area (Å²) in [5, 5.41) is 7.96. The second-order valence-electron chi connectivity index (χ2n) is 7.32. The largest absolute Gasteiger partial charge is 0.497 e. The molecule has 0 aliphatic carbocycles. The van der Waals surface area contributed by atoms with Gasteiger partial charge in [-0.15, -0.1) is 0 Å². The summed E-state index contributed by atoms with van der Waals surface area (Å²) < 4.78 is 12.9. The van der Waals surface area contributed by atoms with Gasteiger partial charge in [0, 0.05) is 25.2 Å². The average molecular weight is 418 g/mol. The summed E-state index contributed by atoms with van der Waals surface area (Å²) in [4.78, 5) is 6.95. The van der Waals surface area contributed by atoms with Crippen molar-refractivity contribution < 1.29 is 9.47 Å². The summed E-state index contributed by atoms with van der Waals surface area (Å²) in [7, 11) is 3.72. The van der Waals surface area contributed by atoms with E-state index in [2.05, 4.69) is 27.4 Å². The molecule has 7 nitrogen and oxygen atoms in total. The van der Waals surface area contributed by atoms with E-state index in [1.807, 2.05) is 74.1 Å². The third-order valence-corrected chi connectivity index (χ3v) is 5.05. The van der Waals surface area contributed by atoms with Crippen LogP contribution in [0.5, 0.6) is 11.5 Å². The molecule has 0 saturated carbocycles. The molecule has 0 aliphatic rings. The van der Waals surface area contributed by atoms with Gasteiger partial charge in [-0.2, -0.15) is 9.61 Å². The van der Waals surface area contributed by atoms with Gasteiger partial charge in [-0.1, -0.05) is 24.3 Å². The molecule has 0 amide bonds. The number of nitrogens with one attached hydrogen (secondary N) is 1. The lowest BCUT2D eigenvalue weighted by Gasteiger charge is -2.21. The monoisotopic (exact) mass is 417 g/mol. The molecule has 0 aliphatic heterocycles. The van der Waals surface area contributed by atoms with Crippen LogP contribution >= 0.6 is 0 Å². The quantitative estimate of drug-likeness (QED) is 0.443. The van der Waals surface area contributed by atoms with Gasteiger partial charge in [0.15, 0.2) is 5.65 Å². The molecular formula is C24H27N5O2. The molecule has 0 bridgehead atoms. The number of benzene rings is 2. The van der Waals surface area contributed by atoms with Gasteiger partial charge in [0.1, 0.15) is 23.1 Å². The average Bonchev–Trinajstić information content (AvgIpc) is 3.16. The van der Waals surface area contributed by atoms with Gasteiger partial charge in [-0.05, 0) is 43.7 Å². The van der Waals surface area contributed by atoms with E-state index in [1.54, 1.807) is 7.11 Å². The van der Waals surface area contributed by atoms with Crippen LogP contribution in [0.2, 0.25) is 0 Å². The fraction of sp³-hybridized carbons (Fsp3) is 0.250. The highest BCUT2D eigenvalue weighted by molar-refractivity contribution is 5.69. The lowest BCUT2D eigenvalue weighted by Crippen LogP contribution is -2.20. The molecule has 31 heavy (non-hydrogen) atoms. The number of ether oxygens (including phenoxy) is 2. The predicted octanol–water partition coefficient (Wildman–Crippen LogP) is 4.83. The molecule has 2 aromatic heterocycles. The molecule has 4 rings (SSSR count). The molecular weight excluding hydrogens is 390 g/mol. The van der Waals surface area contributed by atoms with Gasteiger partial charge >= 0.3 is 0 Å². The highest BCUT2D eigenvalue weighted by Crippen LogP contribution is 2.29. The van der Waals surface area contributed by atoms with Gasteiger partial charge in [0.05, 0.1) is 25.6 Å². The zero-order valence-electron chi connectivity index (χ0n) is 18.3. The Morgan fingerprint density at radius 2 is 1.87 bits per heavy atom. The zero-order chi connectivity index (χ0) is 21.8. The Labute approximate surface area is 182 Å². The molecule has 0 radical (unpaired) electrons. The summed E-state index contributed by atoms with van der Waals surface area (Å²) in [6.45, 7) is 5.31. The molecule has 2 heterocycles. The third-order valence-electron chi connectivity index (χ3n) is 5.05. The molecule has 0 unspecified atom stereocenters. The van der Waals surface area contributed by atoms with Gasteiger partial charge < -0.3 is 19.7 Å². The van der Waals surface area contributed by atoms with Crippen LogP contribution in [0.15, 0.2) is 60.8 Å². The SMILES string of the molecule is CCOc1ccccc1Nc1cc(N(C)Cc2ccc(OC)cc2)n2ncc(C)c2n1. The Bertz CT molecular complexity index is 1170. The van der Waals surface area contributed by atoms with E-state index in [4.69, 9.17) is 14.5 Å². The molecule has 1 N–H and O–H groups in total. The Balaban J connectivity index is 1.68. The number of nitrogens with zero attached hydrogens (tertiary/aromatic N) is 4. The third kappa shape index (κ3) is 4.40. The predicted molar refractivity (Wildman–Crippen MR) is 124 cm³/mol. The van der Waals surface area contributed by atoms with Gasteiger partial charge in [0.2, 0.25) is 0 Å². The first-order valence-electron chi connectivity index (χ1n) is 10.3. The minimum atomic E-state index is 0.600. The minimum Gasteiger partial charge on any atom is -0.497 e. The molecule has 0 atom stereocenters. The van der Waals surface area contributed by atoms with Crippen molar-refractivity contribution in [3.05, 3.63) is 71.9 Å². The van der Waals surface area contributed by atoms with Crippen molar-refractivity contribution in [1.82, 2.24) is 14.6 Å². The zero-order valence-corrected chi connectivity index (χ0v) is 18.3. The molecule has 0 spiro atoms. The van der Waals surface area contributed by atoms with E-state index in [0.29, 0.717) is 6.61 Å². The Morgan fingerprint density at radius 3 is 2.61 bits per heavy atom. The number of rotatable bonds is 8. The normalized spacial score (nSPS) is 10.8. The number of anilines is 3. The van der Waals surface area contributed by atoms with E-state index in [0.717, 1.165) is 46.6 Å². The number of hydrogen-bond acceptors (Lipinski definition) is 6. The van der Waals surface area contributed by atoms with Crippen molar-refractivity contribution in [2.75, 3.05) is 31.0 Å². The van der Waals surface area contributed by atoms with Crippen molar-refractivity contribution in [3.63, 3.8) is 0 Å². The van der Waals surface area contributed by atoms with E-state index in [-0.39, 0.29) is 0 Å². The summed E-state index contributed by atoms with van der Waals surface area (Å²) in [5.74, 6) is 3.31. The number of hydrogen-bond donors (Lipinski definition) is 1. The van der Waals surface area contributed by atoms with Gasteiger partial charge in [0.25, 0.3) is 0 Å². The highest BCUT2D eigenvalue weighted by Gasteiger charge is 2.14. The van der Waals surface area contributed by atoms with E-state index >= 15 is 0 Å². The van der Waals surface area contributed by atoms with Crippen LogP contribution in [-0.4, -0.2) is 35.4 Å². The number of fused-ring (bicyclic) bond motifs is 1. The first kappa shape index (κ1) is 20.5.